The number of aryl methyl sites for hydroxylation is 1. The van der Waals surface area contributed by atoms with Gasteiger partial charge in [-0.05, 0) is 43.3 Å². The fraction of sp³-hybridized carbons (Fsp3) is 0.217. The molecule has 0 bridgehead atoms. The first kappa shape index (κ1) is 24.9. The molecular weight excluding hydrogens is 480 g/mol. The van der Waals surface area contributed by atoms with Crippen LogP contribution >= 0.6 is 0 Å². The Labute approximate surface area is 202 Å². The lowest BCUT2D eigenvalue weighted by atomic mass is 10.1. The van der Waals surface area contributed by atoms with Gasteiger partial charge in [0, 0.05) is 31.0 Å². The molecule has 0 unspecified atom stereocenters. The first-order valence-corrected chi connectivity index (χ1v) is 10.8. The molecule has 5 N–H and O–H groups in total. The Morgan fingerprint density at radius 2 is 1.86 bits per heavy atom. The Bertz CT molecular complexity index is 1390. The molecule has 2 aromatic carbocycles. The monoisotopic (exact) mass is 502 g/mol. The molecule has 2 aromatic heterocycles. The molecule has 4 rings (SSSR count). The summed E-state index contributed by atoms with van der Waals surface area (Å²) in [7, 11) is 1.76. The van der Waals surface area contributed by atoms with Gasteiger partial charge in [0.05, 0.1) is 16.6 Å². The van der Waals surface area contributed by atoms with E-state index in [2.05, 4.69) is 31.0 Å². The van der Waals surface area contributed by atoms with Crippen molar-refractivity contribution in [2.24, 2.45) is 12.8 Å². The Morgan fingerprint density at radius 1 is 1.11 bits per heavy atom. The molecule has 0 spiro atoms. The molecule has 0 fully saturated rings. The highest BCUT2D eigenvalue weighted by Crippen LogP contribution is 2.32. The molecule has 4 aromatic rings. The van der Waals surface area contributed by atoms with Crippen LogP contribution in [0.4, 0.5) is 39.7 Å². The Morgan fingerprint density at radius 3 is 2.56 bits per heavy atom. The quantitative estimate of drug-likeness (QED) is 0.217. The number of anilines is 3. The van der Waals surface area contributed by atoms with Crippen molar-refractivity contribution >= 4 is 34.4 Å². The SMILES string of the molecule is Cn1nc(-c2ccc(NC(=O)Nc3cc(C(F)(F)F)ccc3F)cc2)c2cnc(NCCCN)nc21. The summed E-state index contributed by atoms with van der Waals surface area (Å²) in [4.78, 5) is 21.0. The number of benzene rings is 2. The third kappa shape index (κ3) is 5.51. The van der Waals surface area contributed by atoms with Crippen LogP contribution in [0, 0.1) is 5.82 Å². The van der Waals surface area contributed by atoms with Gasteiger partial charge in [-0.15, -0.1) is 0 Å². The average molecular weight is 502 g/mol. The number of fused-ring (bicyclic) bond motifs is 1. The Balaban J connectivity index is 1.47. The van der Waals surface area contributed by atoms with Gasteiger partial charge in [-0.3, -0.25) is 0 Å². The summed E-state index contributed by atoms with van der Waals surface area (Å²) in [5, 5.41) is 12.9. The van der Waals surface area contributed by atoms with Crippen molar-refractivity contribution in [2.45, 2.75) is 12.6 Å². The molecule has 9 nitrogen and oxygen atoms in total. The van der Waals surface area contributed by atoms with Gasteiger partial charge in [0.25, 0.3) is 0 Å². The van der Waals surface area contributed by atoms with Crippen LogP contribution in [0.1, 0.15) is 12.0 Å². The summed E-state index contributed by atoms with van der Waals surface area (Å²) in [5.41, 5.74) is 6.15. The fourth-order valence-corrected chi connectivity index (χ4v) is 3.43. The van der Waals surface area contributed by atoms with Crippen LogP contribution in [0.15, 0.2) is 48.7 Å². The van der Waals surface area contributed by atoms with Crippen LogP contribution in [-0.4, -0.2) is 38.9 Å². The normalized spacial score (nSPS) is 11.5. The predicted molar refractivity (Wildman–Crippen MR) is 128 cm³/mol. The van der Waals surface area contributed by atoms with Crippen molar-refractivity contribution in [1.29, 1.82) is 0 Å². The number of hydrogen-bond donors (Lipinski definition) is 4. The minimum Gasteiger partial charge on any atom is -0.354 e. The summed E-state index contributed by atoms with van der Waals surface area (Å²) >= 11 is 0. The van der Waals surface area contributed by atoms with Crippen molar-refractivity contribution in [2.75, 3.05) is 29.0 Å². The van der Waals surface area contributed by atoms with Crippen molar-refractivity contribution in [3.05, 3.63) is 60.0 Å². The number of amides is 2. The molecule has 0 aliphatic rings. The van der Waals surface area contributed by atoms with E-state index in [9.17, 15) is 22.4 Å². The van der Waals surface area contributed by atoms with E-state index < -0.39 is 29.3 Å². The minimum atomic E-state index is -4.67. The van der Waals surface area contributed by atoms with Crippen molar-refractivity contribution in [1.82, 2.24) is 19.7 Å². The van der Waals surface area contributed by atoms with E-state index in [4.69, 9.17) is 5.73 Å². The second-order valence-corrected chi connectivity index (χ2v) is 7.82. The number of carbonyl (C=O) groups excluding carboxylic acids is 1. The van der Waals surface area contributed by atoms with Gasteiger partial charge in [-0.2, -0.15) is 23.3 Å². The van der Waals surface area contributed by atoms with E-state index in [1.54, 1.807) is 42.2 Å². The maximum Gasteiger partial charge on any atom is 0.416 e. The molecule has 2 amide bonds. The van der Waals surface area contributed by atoms with E-state index in [0.717, 1.165) is 17.4 Å². The first-order chi connectivity index (χ1) is 17.2. The van der Waals surface area contributed by atoms with E-state index in [1.165, 1.54) is 0 Å². The summed E-state index contributed by atoms with van der Waals surface area (Å²) in [6.45, 7) is 1.20. The molecule has 188 valence electrons. The van der Waals surface area contributed by atoms with Crippen LogP contribution in [0.3, 0.4) is 0 Å². The standard InChI is InChI=1S/C23H22F4N8O/c1-35-20-16(12-30-21(33-20)29-10-2-9-28)19(34-35)13-3-6-15(7-4-13)31-22(36)32-18-11-14(23(25,26)27)5-8-17(18)24/h3-8,11-12H,2,9-10,28H2,1H3,(H,29,30,33)(H2,31,32,36). The van der Waals surface area contributed by atoms with Gasteiger partial charge in [-0.1, -0.05) is 12.1 Å². The number of nitrogens with zero attached hydrogens (tertiary/aromatic N) is 4. The number of nitrogens with one attached hydrogen (secondary N) is 3. The third-order valence-corrected chi connectivity index (χ3v) is 5.20. The third-order valence-electron chi connectivity index (χ3n) is 5.20. The predicted octanol–water partition coefficient (Wildman–Crippen LogP) is 4.59. The molecule has 0 aliphatic carbocycles. The van der Waals surface area contributed by atoms with E-state index in [-0.39, 0.29) is 0 Å². The largest absolute Gasteiger partial charge is 0.416 e. The van der Waals surface area contributed by atoms with Gasteiger partial charge in [-0.25, -0.2) is 18.9 Å². The number of urea groups is 1. The maximum absolute atomic E-state index is 13.9. The molecule has 0 atom stereocenters. The van der Waals surface area contributed by atoms with Crippen LogP contribution in [-0.2, 0) is 13.2 Å². The second-order valence-electron chi connectivity index (χ2n) is 7.82. The first-order valence-electron chi connectivity index (χ1n) is 10.8. The average Bonchev–Trinajstić information content (AvgIpc) is 3.16. The van der Waals surface area contributed by atoms with Crippen molar-refractivity contribution < 1.29 is 22.4 Å². The molecular formula is C23H22F4N8O. The van der Waals surface area contributed by atoms with Crippen LogP contribution in [0.5, 0.6) is 0 Å². The molecule has 2 heterocycles. The summed E-state index contributed by atoms with van der Waals surface area (Å²) in [6.07, 6.45) is -2.22. The molecule has 0 saturated heterocycles. The lowest BCUT2D eigenvalue weighted by Gasteiger charge is -2.12. The van der Waals surface area contributed by atoms with Crippen molar-refractivity contribution in [3.8, 4) is 11.3 Å². The van der Waals surface area contributed by atoms with E-state index in [1.807, 2.05) is 0 Å². The number of halogens is 4. The lowest BCUT2D eigenvalue weighted by Crippen LogP contribution is -2.20. The number of carbonyl (C=O) groups is 1. The summed E-state index contributed by atoms with van der Waals surface area (Å²) < 4.78 is 54.1. The zero-order valence-corrected chi connectivity index (χ0v) is 19.0. The topological polar surface area (TPSA) is 123 Å². The highest BCUT2D eigenvalue weighted by Gasteiger charge is 2.31. The van der Waals surface area contributed by atoms with Gasteiger partial charge in [0.2, 0.25) is 5.95 Å². The molecule has 0 aliphatic heterocycles. The maximum atomic E-state index is 13.9. The number of alkyl halides is 3. The number of aromatic nitrogens is 4. The molecule has 13 heteroatoms. The van der Waals surface area contributed by atoms with Crippen LogP contribution < -0.4 is 21.7 Å². The zero-order valence-electron chi connectivity index (χ0n) is 19.0. The number of hydrogen-bond acceptors (Lipinski definition) is 6. The van der Waals surface area contributed by atoms with Gasteiger partial charge in [0.15, 0.2) is 5.65 Å². The smallest absolute Gasteiger partial charge is 0.354 e. The van der Waals surface area contributed by atoms with Crippen LogP contribution in [0.25, 0.3) is 22.3 Å². The zero-order chi connectivity index (χ0) is 25.9. The van der Waals surface area contributed by atoms with E-state index in [0.29, 0.717) is 54.3 Å². The number of rotatable bonds is 7. The molecule has 0 saturated carbocycles. The lowest BCUT2D eigenvalue weighted by molar-refractivity contribution is -0.137. The van der Waals surface area contributed by atoms with Gasteiger partial charge in [0.1, 0.15) is 11.5 Å². The van der Waals surface area contributed by atoms with Crippen LogP contribution in [0.2, 0.25) is 0 Å². The summed E-state index contributed by atoms with van der Waals surface area (Å²) in [6, 6.07) is 7.46. The highest BCUT2D eigenvalue weighted by atomic mass is 19.4. The minimum absolute atomic E-state index is 0.339. The molecule has 36 heavy (non-hydrogen) atoms. The molecule has 0 radical (unpaired) electrons. The number of nitrogens with two attached hydrogens (primary N) is 1. The highest BCUT2D eigenvalue weighted by molar-refractivity contribution is 6.00. The Hall–Kier alpha value is -4.26. The Kier molecular flexibility index (Phi) is 7.01. The fourth-order valence-electron chi connectivity index (χ4n) is 3.43. The second kappa shape index (κ2) is 10.2. The van der Waals surface area contributed by atoms with E-state index >= 15 is 0 Å². The van der Waals surface area contributed by atoms with Gasteiger partial charge < -0.3 is 21.7 Å². The summed E-state index contributed by atoms with van der Waals surface area (Å²) in [5.74, 6) is -0.524. The van der Waals surface area contributed by atoms with Gasteiger partial charge >= 0.3 is 12.2 Å². The van der Waals surface area contributed by atoms with Crippen molar-refractivity contribution in [3.63, 3.8) is 0 Å².